The second kappa shape index (κ2) is 8.09. The molecular formula is C19H23F3N4O2. The molecule has 1 heterocycles. The van der Waals surface area contributed by atoms with E-state index in [1.165, 1.54) is 15.9 Å². The standard InChI is InChI=1S/C19H23F3N4O2/c1-12(2)17(27)26-8-7-25(11-16(26)18(28)24(3)4)14-6-5-13(10-23)15(9-14)19(20,21)22/h5-6,9,12,16H,7-8,11H2,1-4H3. The van der Waals surface area contributed by atoms with Crippen LogP contribution in [0.5, 0.6) is 0 Å². The van der Waals surface area contributed by atoms with E-state index in [2.05, 4.69) is 0 Å². The van der Waals surface area contributed by atoms with E-state index in [0.29, 0.717) is 6.54 Å². The summed E-state index contributed by atoms with van der Waals surface area (Å²) in [5.74, 6) is -0.755. The van der Waals surface area contributed by atoms with Crippen molar-refractivity contribution in [1.82, 2.24) is 9.80 Å². The molecule has 28 heavy (non-hydrogen) atoms. The van der Waals surface area contributed by atoms with Gasteiger partial charge in [-0.2, -0.15) is 18.4 Å². The van der Waals surface area contributed by atoms with Crippen molar-refractivity contribution in [3.05, 3.63) is 29.3 Å². The molecule has 2 amide bonds. The average molecular weight is 396 g/mol. The first-order valence-corrected chi connectivity index (χ1v) is 8.85. The Bertz CT molecular complexity index is 799. The van der Waals surface area contributed by atoms with Crippen LogP contribution in [0.2, 0.25) is 0 Å². The molecule has 0 spiro atoms. The predicted molar refractivity (Wildman–Crippen MR) is 97.4 cm³/mol. The molecule has 1 aliphatic rings. The molecule has 2 rings (SSSR count). The number of benzene rings is 1. The fourth-order valence-corrected chi connectivity index (χ4v) is 3.18. The second-order valence-electron chi connectivity index (χ2n) is 7.22. The number of likely N-dealkylation sites (N-methyl/N-ethyl adjacent to an activating group) is 1. The summed E-state index contributed by atoms with van der Waals surface area (Å²) in [6, 6.07) is 4.26. The van der Waals surface area contributed by atoms with Crippen molar-refractivity contribution in [3.8, 4) is 6.07 Å². The summed E-state index contributed by atoms with van der Waals surface area (Å²) in [4.78, 5) is 29.6. The van der Waals surface area contributed by atoms with Gasteiger partial charge in [-0.1, -0.05) is 13.8 Å². The number of nitriles is 1. The predicted octanol–water partition coefficient (Wildman–Crippen LogP) is 2.34. The molecule has 1 aliphatic heterocycles. The molecule has 1 aromatic rings. The Hall–Kier alpha value is -2.76. The van der Waals surface area contributed by atoms with Crippen LogP contribution in [0.25, 0.3) is 0 Å². The van der Waals surface area contributed by atoms with Crippen LogP contribution in [-0.4, -0.2) is 61.4 Å². The van der Waals surface area contributed by atoms with Crippen LogP contribution < -0.4 is 4.90 Å². The third-order valence-electron chi connectivity index (χ3n) is 4.68. The number of hydrogen-bond donors (Lipinski definition) is 0. The van der Waals surface area contributed by atoms with E-state index in [9.17, 15) is 22.8 Å². The molecule has 0 saturated carbocycles. The highest BCUT2D eigenvalue weighted by Crippen LogP contribution is 2.35. The smallest absolute Gasteiger partial charge is 0.367 e. The van der Waals surface area contributed by atoms with Gasteiger partial charge in [0.15, 0.2) is 0 Å². The lowest BCUT2D eigenvalue weighted by molar-refractivity contribution is -0.146. The molecule has 1 aromatic carbocycles. The molecule has 6 nitrogen and oxygen atoms in total. The van der Waals surface area contributed by atoms with Crippen LogP contribution >= 0.6 is 0 Å². The summed E-state index contributed by atoms with van der Waals surface area (Å²) in [6.45, 7) is 4.07. The van der Waals surface area contributed by atoms with Crippen LogP contribution in [0.1, 0.15) is 25.0 Å². The minimum absolute atomic E-state index is 0.0820. The summed E-state index contributed by atoms with van der Waals surface area (Å²) in [5, 5.41) is 8.95. The number of alkyl halides is 3. The largest absolute Gasteiger partial charge is 0.417 e. The molecule has 0 bridgehead atoms. The summed E-state index contributed by atoms with van der Waals surface area (Å²) >= 11 is 0. The zero-order valence-corrected chi connectivity index (χ0v) is 16.2. The van der Waals surface area contributed by atoms with Gasteiger partial charge in [-0.25, -0.2) is 0 Å². The third kappa shape index (κ3) is 4.38. The zero-order chi connectivity index (χ0) is 21.2. The van der Waals surface area contributed by atoms with E-state index >= 15 is 0 Å². The van der Waals surface area contributed by atoms with Crippen LogP contribution in [0.15, 0.2) is 18.2 Å². The van der Waals surface area contributed by atoms with E-state index < -0.39 is 23.3 Å². The van der Waals surface area contributed by atoms with Gasteiger partial charge in [-0.05, 0) is 18.2 Å². The minimum Gasteiger partial charge on any atom is -0.367 e. The molecule has 1 unspecified atom stereocenters. The molecule has 1 atom stereocenters. The van der Waals surface area contributed by atoms with Gasteiger partial charge < -0.3 is 14.7 Å². The quantitative estimate of drug-likeness (QED) is 0.787. The minimum atomic E-state index is -4.66. The van der Waals surface area contributed by atoms with Gasteiger partial charge in [-0.3, -0.25) is 9.59 Å². The Kier molecular flexibility index (Phi) is 6.22. The summed E-state index contributed by atoms with van der Waals surface area (Å²) in [5.41, 5.74) is -1.20. The Morgan fingerprint density at radius 1 is 1.25 bits per heavy atom. The van der Waals surface area contributed by atoms with Crippen molar-refractivity contribution in [3.63, 3.8) is 0 Å². The van der Waals surface area contributed by atoms with Gasteiger partial charge in [0.1, 0.15) is 6.04 Å². The lowest BCUT2D eigenvalue weighted by Gasteiger charge is -2.43. The lowest BCUT2D eigenvalue weighted by atomic mass is 10.0. The van der Waals surface area contributed by atoms with E-state index in [4.69, 9.17) is 5.26 Å². The first-order valence-electron chi connectivity index (χ1n) is 8.85. The molecule has 1 saturated heterocycles. The van der Waals surface area contributed by atoms with Crippen LogP contribution in [0.3, 0.4) is 0 Å². The van der Waals surface area contributed by atoms with Gasteiger partial charge in [0.05, 0.1) is 17.2 Å². The third-order valence-corrected chi connectivity index (χ3v) is 4.68. The monoisotopic (exact) mass is 396 g/mol. The van der Waals surface area contributed by atoms with Gasteiger partial charge in [0.25, 0.3) is 0 Å². The van der Waals surface area contributed by atoms with Crippen molar-refractivity contribution in [1.29, 1.82) is 5.26 Å². The molecule has 0 aromatic heterocycles. The average Bonchev–Trinajstić information content (AvgIpc) is 2.64. The Labute approximate surface area is 162 Å². The summed E-state index contributed by atoms with van der Waals surface area (Å²) in [7, 11) is 3.14. The highest BCUT2D eigenvalue weighted by atomic mass is 19.4. The molecule has 9 heteroatoms. The normalized spacial score (nSPS) is 17.5. The van der Waals surface area contributed by atoms with Gasteiger partial charge >= 0.3 is 6.18 Å². The number of rotatable bonds is 3. The van der Waals surface area contributed by atoms with Crippen LogP contribution in [0, 0.1) is 17.2 Å². The number of hydrogen-bond acceptors (Lipinski definition) is 4. The first-order chi connectivity index (χ1) is 13.0. The van der Waals surface area contributed by atoms with E-state index in [1.807, 2.05) is 0 Å². The fraction of sp³-hybridized carbons (Fsp3) is 0.526. The van der Waals surface area contributed by atoms with E-state index in [-0.39, 0.29) is 36.5 Å². The number of carbonyl (C=O) groups excluding carboxylic acids is 2. The Morgan fingerprint density at radius 3 is 2.39 bits per heavy atom. The molecule has 0 N–H and O–H groups in total. The van der Waals surface area contributed by atoms with Crippen molar-refractivity contribution in [2.45, 2.75) is 26.1 Å². The maximum absolute atomic E-state index is 13.3. The number of carbonyl (C=O) groups is 2. The number of amides is 2. The number of piperazine rings is 1. The van der Waals surface area contributed by atoms with Gasteiger partial charge in [0.2, 0.25) is 11.8 Å². The van der Waals surface area contributed by atoms with Crippen molar-refractivity contribution in [2.75, 3.05) is 38.6 Å². The topological polar surface area (TPSA) is 67.6 Å². The lowest BCUT2D eigenvalue weighted by Crippen LogP contribution is -2.61. The van der Waals surface area contributed by atoms with E-state index in [0.717, 1.165) is 12.1 Å². The highest BCUT2D eigenvalue weighted by molar-refractivity contribution is 5.89. The molecule has 0 radical (unpaired) electrons. The van der Waals surface area contributed by atoms with Gasteiger partial charge in [0, 0.05) is 45.3 Å². The Morgan fingerprint density at radius 2 is 1.89 bits per heavy atom. The van der Waals surface area contributed by atoms with Crippen molar-refractivity contribution >= 4 is 17.5 Å². The molecule has 1 fully saturated rings. The fourth-order valence-electron chi connectivity index (χ4n) is 3.18. The number of anilines is 1. The molecule has 152 valence electrons. The van der Waals surface area contributed by atoms with Crippen LogP contribution in [0.4, 0.5) is 18.9 Å². The zero-order valence-electron chi connectivity index (χ0n) is 16.2. The molecule has 0 aliphatic carbocycles. The maximum Gasteiger partial charge on any atom is 0.417 e. The molecular weight excluding hydrogens is 373 g/mol. The van der Waals surface area contributed by atoms with Crippen LogP contribution in [-0.2, 0) is 15.8 Å². The number of halogens is 3. The summed E-state index contributed by atoms with van der Waals surface area (Å²) < 4.78 is 39.8. The van der Waals surface area contributed by atoms with Gasteiger partial charge in [-0.15, -0.1) is 0 Å². The van der Waals surface area contributed by atoms with Crippen molar-refractivity contribution < 1.29 is 22.8 Å². The second-order valence-corrected chi connectivity index (χ2v) is 7.22. The highest BCUT2D eigenvalue weighted by Gasteiger charge is 2.38. The first kappa shape index (κ1) is 21.5. The summed E-state index contributed by atoms with van der Waals surface area (Å²) in [6.07, 6.45) is -4.66. The van der Waals surface area contributed by atoms with E-state index in [1.54, 1.807) is 38.9 Å². The Balaban J connectivity index is 2.38. The van der Waals surface area contributed by atoms with Crippen molar-refractivity contribution in [2.24, 2.45) is 5.92 Å². The number of nitrogens with zero attached hydrogens (tertiary/aromatic N) is 4. The maximum atomic E-state index is 13.3. The SMILES string of the molecule is CC(C)C(=O)N1CCN(c2ccc(C#N)c(C(F)(F)F)c2)CC1C(=O)N(C)C.